The molecule has 1 amide bonds. The van der Waals surface area contributed by atoms with Crippen molar-refractivity contribution in [2.45, 2.75) is 13.8 Å². The van der Waals surface area contributed by atoms with Crippen molar-refractivity contribution in [1.82, 2.24) is 4.90 Å². The van der Waals surface area contributed by atoms with Gasteiger partial charge in [-0.25, -0.2) is 0 Å². The molecule has 0 spiro atoms. The molecule has 5 heteroatoms. The van der Waals surface area contributed by atoms with Crippen LogP contribution in [0, 0.1) is 17.2 Å². The molecular weight excluding hydrogens is 254 g/mol. The lowest BCUT2D eigenvalue weighted by Gasteiger charge is -2.22. The number of rotatable bonds is 8. The van der Waals surface area contributed by atoms with Crippen molar-refractivity contribution in [2.75, 3.05) is 26.2 Å². The number of ether oxygens (including phenoxy) is 1. The molecule has 0 radical (unpaired) electrons. The first-order valence-electron chi connectivity index (χ1n) is 6.65. The lowest BCUT2D eigenvalue weighted by atomic mass is 10.2. The molecule has 2 N–H and O–H groups in total. The van der Waals surface area contributed by atoms with Gasteiger partial charge in [0.2, 0.25) is 5.91 Å². The van der Waals surface area contributed by atoms with Crippen molar-refractivity contribution in [2.24, 2.45) is 11.7 Å². The highest BCUT2D eigenvalue weighted by molar-refractivity contribution is 5.75. The maximum absolute atomic E-state index is 11.0. The van der Waals surface area contributed by atoms with Crippen LogP contribution in [0.1, 0.15) is 19.4 Å². The van der Waals surface area contributed by atoms with Crippen molar-refractivity contribution in [3.63, 3.8) is 0 Å². The predicted molar refractivity (Wildman–Crippen MR) is 77.1 cm³/mol. The summed E-state index contributed by atoms with van der Waals surface area (Å²) in [6.45, 7) is 6.29. The third-order valence-electron chi connectivity index (χ3n) is 2.64. The van der Waals surface area contributed by atoms with Crippen LogP contribution in [0.4, 0.5) is 0 Å². The molecule has 0 fully saturated rings. The van der Waals surface area contributed by atoms with Gasteiger partial charge in [0.15, 0.2) is 0 Å². The van der Waals surface area contributed by atoms with Crippen LogP contribution in [0.15, 0.2) is 24.3 Å². The number of nitrogens with two attached hydrogens (primary N) is 1. The van der Waals surface area contributed by atoms with Crippen molar-refractivity contribution in [3.05, 3.63) is 29.8 Å². The second kappa shape index (κ2) is 8.18. The normalized spacial score (nSPS) is 10.6. The number of nitriles is 1. The number of hydrogen-bond donors (Lipinski definition) is 1. The summed E-state index contributed by atoms with van der Waals surface area (Å²) in [5.41, 5.74) is 5.80. The lowest BCUT2D eigenvalue weighted by molar-refractivity contribution is -0.119. The number of nitrogens with zero attached hydrogens (tertiary/aromatic N) is 2. The monoisotopic (exact) mass is 275 g/mol. The maximum Gasteiger partial charge on any atom is 0.231 e. The SMILES string of the molecule is CC(C)CN(CCOc1cccc(C#N)c1)CC(N)=O. The van der Waals surface area contributed by atoms with Gasteiger partial charge in [-0.05, 0) is 24.1 Å². The van der Waals surface area contributed by atoms with E-state index in [9.17, 15) is 4.79 Å². The Morgan fingerprint density at radius 1 is 1.50 bits per heavy atom. The average Bonchev–Trinajstić information content (AvgIpc) is 2.37. The summed E-state index contributed by atoms with van der Waals surface area (Å²) in [5.74, 6) is 0.779. The van der Waals surface area contributed by atoms with Crippen LogP contribution in [0.5, 0.6) is 5.75 Å². The maximum atomic E-state index is 11.0. The van der Waals surface area contributed by atoms with Gasteiger partial charge in [-0.1, -0.05) is 19.9 Å². The molecule has 108 valence electrons. The minimum absolute atomic E-state index is 0.236. The molecule has 20 heavy (non-hydrogen) atoms. The molecule has 0 aliphatic carbocycles. The summed E-state index contributed by atoms with van der Waals surface area (Å²) in [6, 6.07) is 9.08. The minimum atomic E-state index is -0.336. The molecule has 0 atom stereocenters. The quantitative estimate of drug-likeness (QED) is 0.777. The molecule has 1 aromatic rings. The summed E-state index contributed by atoms with van der Waals surface area (Å²) in [5, 5.41) is 8.81. The number of primary amides is 1. The van der Waals surface area contributed by atoms with Gasteiger partial charge in [-0.2, -0.15) is 5.26 Å². The number of benzene rings is 1. The minimum Gasteiger partial charge on any atom is -0.492 e. The van der Waals surface area contributed by atoms with Gasteiger partial charge in [-0.15, -0.1) is 0 Å². The van der Waals surface area contributed by atoms with Crippen molar-refractivity contribution in [1.29, 1.82) is 5.26 Å². The summed E-state index contributed by atoms with van der Waals surface area (Å²) < 4.78 is 5.60. The van der Waals surface area contributed by atoms with Crippen molar-refractivity contribution in [3.8, 4) is 11.8 Å². The van der Waals surface area contributed by atoms with E-state index in [-0.39, 0.29) is 12.5 Å². The van der Waals surface area contributed by atoms with Crippen LogP contribution < -0.4 is 10.5 Å². The summed E-state index contributed by atoms with van der Waals surface area (Å²) in [7, 11) is 0. The fourth-order valence-electron chi connectivity index (χ4n) is 1.92. The summed E-state index contributed by atoms with van der Waals surface area (Å²) in [6.07, 6.45) is 0. The molecule has 0 heterocycles. The zero-order chi connectivity index (χ0) is 15.0. The highest BCUT2D eigenvalue weighted by atomic mass is 16.5. The zero-order valence-electron chi connectivity index (χ0n) is 12.0. The summed E-state index contributed by atoms with van der Waals surface area (Å²) in [4.78, 5) is 13.0. The van der Waals surface area contributed by atoms with E-state index in [2.05, 4.69) is 19.9 Å². The fraction of sp³-hybridized carbons (Fsp3) is 0.467. The summed E-state index contributed by atoms with van der Waals surface area (Å²) >= 11 is 0. The second-order valence-corrected chi connectivity index (χ2v) is 5.08. The van der Waals surface area contributed by atoms with Crippen LogP contribution in [0.2, 0.25) is 0 Å². The van der Waals surface area contributed by atoms with Gasteiger partial charge in [0, 0.05) is 13.1 Å². The number of carbonyl (C=O) groups is 1. The Morgan fingerprint density at radius 2 is 2.25 bits per heavy atom. The topological polar surface area (TPSA) is 79.3 Å². The van der Waals surface area contributed by atoms with E-state index in [0.29, 0.717) is 30.4 Å². The second-order valence-electron chi connectivity index (χ2n) is 5.08. The molecule has 5 nitrogen and oxygen atoms in total. The predicted octanol–water partition coefficient (Wildman–Crippen LogP) is 1.38. The first kappa shape index (κ1) is 16.0. The fourth-order valence-corrected chi connectivity index (χ4v) is 1.92. The van der Waals surface area contributed by atoms with Gasteiger partial charge in [-0.3, -0.25) is 9.69 Å². The molecule has 0 aliphatic rings. The Bertz CT molecular complexity index is 480. The molecule has 0 bridgehead atoms. The van der Waals surface area contributed by atoms with Crippen LogP contribution in [0.25, 0.3) is 0 Å². The molecule has 0 aliphatic heterocycles. The largest absolute Gasteiger partial charge is 0.492 e. The number of carbonyl (C=O) groups excluding carboxylic acids is 1. The van der Waals surface area contributed by atoms with E-state index in [1.165, 1.54) is 0 Å². The number of amides is 1. The average molecular weight is 275 g/mol. The van der Waals surface area contributed by atoms with Crippen LogP contribution in [0.3, 0.4) is 0 Å². The smallest absolute Gasteiger partial charge is 0.231 e. The van der Waals surface area contributed by atoms with E-state index in [0.717, 1.165) is 6.54 Å². The van der Waals surface area contributed by atoms with Crippen LogP contribution in [-0.2, 0) is 4.79 Å². The zero-order valence-corrected chi connectivity index (χ0v) is 12.0. The first-order chi connectivity index (χ1) is 9.51. The molecule has 0 unspecified atom stereocenters. The third-order valence-corrected chi connectivity index (χ3v) is 2.64. The van der Waals surface area contributed by atoms with E-state index in [1.807, 2.05) is 11.0 Å². The molecule has 1 rings (SSSR count). The highest BCUT2D eigenvalue weighted by Gasteiger charge is 2.10. The molecule has 0 saturated heterocycles. The Kier molecular flexibility index (Phi) is 6.54. The Labute approximate surface area is 119 Å². The van der Waals surface area contributed by atoms with Crippen LogP contribution in [-0.4, -0.2) is 37.0 Å². The Balaban J connectivity index is 2.46. The van der Waals surface area contributed by atoms with Gasteiger partial charge in [0.05, 0.1) is 18.2 Å². The van der Waals surface area contributed by atoms with E-state index < -0.39 is 0 Å². The molecular formula is C15H21N3O2. The first-order valence-corrected chi connectivity index (χ1v) is 6.65. The van der Waals surface area contributed by atoms with Crippen molar-refractivity contribution >= 4 is 5.91 Å². The van der Waals surface area contributed by atoms with E-state index in [1.54, 1.807) is 18.2 Å². The number of hydrogen-bond acceptors (Lipinski definition) is 4. The van der Waals surface area contributed by atoms with Gasteiger partial charge < -0.3 is 10.5 Å². The van der Waals surface area contributed by atoms with Gasteiger partial charge in [0.25, 0.3) is 0 Å². The van der Waals surface area contributed by atoms with Crippen molar-refractivity contribution < 1.29 is 9.53 Å². The standard InChI is InChI=1S/C15H21N3O2/c1-12(2)10-18(11-15(17)19)6-7-20-14-5-3-4-13(8-14)9-16/h3-5,8,12H,6-7,10-11H2,1-2H3,(H2,17,19). The third kappa shape index (κ3) is 6.21. The van der Waals surface area contributed by atoms with E-state index in [4.69, 9.17) is 15.7 Å². The Morgan fingerprint density at radius 3 is 2.85 bits per heavy atom. The Hall–Kier alpha value is -2.06. The van der Waals surface area contributed by atoms with E-state index >= 15 is 0 Å². The highest BCUT2D eigenvalue weighted by Crippen LogP contribution is 2.12. The molecule has 0 aromatic heterocycles. The lowest BCUT2D eigenvalue weighted by Crippen LogP contribution is -2.38. The van der Waals surface area contributed by atoms with Gasteiger partial charge in [0.1, 0.15) is 12.4 Å². The van der Waals surface area contributed by atoms with Crippen LogP contribution >= 0.6 is 0 Å². The molecule has 1 aromatic carbocycles. The molecule has 0 saturated carbocycles. The van der Waals surface area contributed by atoms with Gasteiger partial charge >= 0.3 is 0 Å².